The SMILES string of the molecule is CN(C)c1ccccc1[S@@](C)=O. The highest BCUT2D eigenvalue weighted by atomic mass is 32.2. The molecule has 0 radical (unpaired) electrons. The Labute approximate surface area is 75.7 Å². The minimum Gasteiger partial charge on any atom is -0.377 e. The van der Waals surface area contributed by atoms with Gasteiger partial charge < -0.3 is 4.90 Å². The molecule has 1 rings (SSSR count). The zero-order chi connectivity index (χ0) is 9.14. The molecule has 0 aliphatic heterocycles. The van der Waals surface area contributed by atoms with Crippen molar-refractivity contribution in [2.24, 2.45) is 0 Å². The average molecular weight is 183 g/mol. The van der Waals surface area contributed by atoms with Gasteiger partial charge in [0, 0.05) is 20.4 Å². The second-order valence-electron chi connectivity index (χ2n) is 2.82. The lowest BCUT2D eigenvalue weighted by Gasteiger charge is -2.15. The molecule has 0 heterocycles. The number of anilines is 1. The van der Waals surface area contributed by atoms with Gasteiger partial charge in [-0.15, -0.1) is 0 Å². The molecule has 0 bridgehead atoms. The van der Waals surface area contributed by atoms with E-state index in [2.05, 4.69) is 0 Å². The summed E-state index contributed by atoms with van der Waals surface area (Å²) < 4.78 is 11.3. The van der Waals surface area contributed by atoms with Crippen molar-refractivity contribution in [2.45, 2.75) is 4.90 Å². The van der Waals surface area contributed by atoms with Crippen molar-refractivity contribution in [3.05, 3.63) is 24.3 Å². The molecule has 0 N–H and O–H groups in total. The number of para-hydroxylation sites is 1. The maximum absolute atomic E-state index is 11.3. The van der Waals surface area contributed by atoms with Crippen LogP contribution in [0.4, 0.5) is 5.69 Å². The minimum absolute atomic E-state index is 0.891. The van der Waals surface area contributed by atoms with Gasteiger partial charge in [0.25, 0.3) is 0 Å². The van der Waals surface area contributed by atoms with Crippen molar-refractivity contribution in [1.82, 2.24) is 0 Å². The number of benzene rings is 1. The first kappa shape index (κ1) is 9.26. The molecule has 0 fully saturated rings. The normalized spacial score (nSPS) is 12.6. The smallest absolute Gasteiger partial charge is 0.0618 e. The van der Waals surface area contributed by atoms with E-state index in [-0.39, 0.29) is 0 Å². The average Bonchev–Trinajstić information content (AvgIpc) is 2.04. The molecule has 66 valence electrons. The van der Waals surface area contributed by atoms with Crippen molar-refractivity contribution >= 4 is 16.5 Å². The topological polar surface area (TPSA) is 20.3 Å². The monoisotopic (exact) mass is 183 g/mol. The molecule has 3 heteroatoms. The third kappa shape index (κ3) is 1.85. The van der Waals surface area contributed by atoms with Gasteiger partial charge in [0.1, 0.15) is 0 Å². The third-order valence-corrected chi connectivity index (χ3v) is 2.62. The lowest BCUT2D eigenvalue weighted by molar-refractivity contribution is 0.686. The molecular weight excluding hydrogens is 170 g/mol. The van der Waals surface area contributed by atoms with Crippen LogP contribution in [0.3, 0.4) is 0 Å². The highest BCUT2D eigenvalue weighted by Gasteiger charge is 2.05. The van der Waals surface area contributed by atoms with E-state index in [1.165, 1.54) is 0 Å². The van der Waals surface area contributed by atoms with Crippen LogP contribution in [0.25, 0.3) is 0 Å². The summed E-state index contributed by atoms with van der Waals surface area (Å²) >= 11 is 0. The Morgan fingerprint density at radius 2 is 1.83 bits per heavy atom. The molecule has 0 spiro atoms. The van der Waals surface area contributed by atoms with E-state index in [1.807, 2.05) is 43.3 Å². The molecule has 0 saturated heterocycles. The Bertz CT molecular complexity index is 296. The first-order valence-electron chi connectivity index (χ1n) is 3.72. The fraction of sp³-hybridized carbons (Fsp3) is 0.333. The summed E-state index contributed by atoms with van der Waals surface area (Å²) in [5.74, 6) is 0. The van der Waals surface area contributed by atoms with E-state index in [0.29, 0.717) is 0 Å². The maximum Gasteiger partial charge on any atom is 0.0618 e. The summed E-state index contributed by atoms with van der Waals surface area (Å²) in [5.41, 5.74) is 1.03. The van der Waals surface area contributed by atoms with Crippen LogP contribution in [0, 0.1) is 0 Å². The van der Waals surface area contributed by atoms with Gasteiger partial charge in [-0.05, 0) is 12.1 Å². The standard InChI is InChI=1S/C9H13NOS/c1-10(2)8-6-4-5-7-9(8)12(3)11/h4-7H,1-3H3/t12-/m1/s1. The van der Waals surface area contributed by atoms with Crippen molar-refractivity contribution in [3.8, 4) is 0 Å². The molecule has 1 aromatic rings. The Morgan fingerprint density at radius 3 is 2.25 bits per heavy atom. The summed E-state index contributed by atoms with van der Waals surface area (Å²) in [6.45, 7) is 0. The largest absolute Gasteiger partial charge is 0.377 e. The van der Waals surface area contributed by atoms with Gasteiger partial charge >= 0.3 is 0 Å². The molecular formula is C9H13NOS. The molecule has 0 saturated carbocycles. The van der Waals surface area contributed by atoms with Gasteiger partial charge in [-0.2, -0.15) is 0 Å². The van der Waals surface area contributed by atoms with Crippen LogP contribution < -0.4 is 4.90 Å². The van der Waals surface area contributed by atoms with Crippen LogP contribution in [0.15, 0.2) is 29.2 Å². The molecule has 2 nitrogen and oxygen atoms in total. The predicted octanol–water partition coefficient (Wildman–Crippen LogP) is 1.49. The van der Waals surface area contributed by atoms with Crippen LogP contribution in [-0.4, -0.2) is 24.6 Å². The van der Waals surface area contributed by atoms with Crippen LogP contribution in [0.1, 0.15) is 0 Å². The molecule has 0 aliphatic rings. The van der Waals surface area contributed by atoms with E-state index in [4.69, 9.17) is 0 Å². The first-order valence-corrected chi connectivity index (χ1v) is 5.28. The molecule has 1 aromatic carbocycles. The van der Waals surface area contributed by atoms with Crippen molar-refractivity contribution < 1.29 is 4.21 Å². The van der Waals surface area contributed by atoms with Crippen LogP contribution in [-0.2, 0) is 10.8 Å². The Kier molecular flexibility index (Phi) is 2.87. The summed E-state index contributed by atoms with van der Waals surface area (Å²) in [6, 6.07) is 7.72. The molecule has 0 aromatic heterocycles. The second-order valence-corrected chi connectivity index (χ2v) is 4.16. The van der Waals surface area contributed by atoms with Gasteiger partial charge in [0.05, 0.1) is 21.4 Å². The third-order valence-electron chi connectivity index (χ3n) is 1.66. The summed E-state index contributed by atoms with van der Waals surface area (Å²) in [5, 5.41) is 0. The first-order chi connectivity index (χ1) is 5.63. The van der Waals surface area contributed by atoms with Crippen LogP contribution in [0.2, 0.25) is 0 Å². The lowest BCUT2D eigenvalue weighted by atomic mass is 10.3. The number of hydrogen-bond acceptors (Lipinski definition) is 2. The number of hydrogen-bond donors (Lipinski definition) is 0. The lowest BCUT2D eigenvalue weighted by Crippen LogP contribution is -2.11. The predicted molar refractivity (Wildman–Crippen MR) is 53.1 cm³/mol. The molecule has 0 amide bonds. The van der Waals surface area contributed by atoms with E-state index < -0.39 is 10.8 Å². The summed E-state index contributed by atoms with van der Waals surface area (Å²) in [7, 11) is 3.00. The van der Waals surface area contributed by atoms with Crippen LogP contribution >= 0.6 is 0 Å². The van der Waals surface area contributed by atoms with Gasteiger partial charge in [-0.3, -0.25) is 4.21 Å². The summed E-state index contributed by atoms with van der Waals surface area (Å²) in [6.07, 6.45) is 1.70. The molecule has 0 aliphatic carbocycles. The molecule has 12 heavy (non-hydrogen) atoms. The quantitative estimate of drug-likeness (QED) is 0.692. The fourth-order valence-corrected chi connectivity index (χ4v) is 1.89. The maximum atomic E-state index is 11.3. The van der Waals surface area contributed by atoms with E-state index in [0.717, 1.165) is 10.6 Å². The number of nitrogens with zero attached hydrogens (tertiary/aromatic N) is 1. The minimum atomic E-state index is -0.903. The van der Waals surface area contributed by atoms with Crippen molar-refractivity contribution in [1.29, 1.82) is 0 Å². The van der Waals surface area contributed by atoms with E-state index >= 15 is 0 Å². The second kappa shape index (κ2) is 3.72. The highest BCUT2D eigenvalue weighted by molar-refractivity contribution is 7.84. The zero-order valence-corrected chi connectivity index (χ0v) is 8.39. The Balaban J connectivity index is 3.17. The van der Waals surface area contributed by atoms with Crippen LogP contribution in [0.5, 0.6) is 0 Å². The number of rotatable bonds is 2. The van der Waals surface area contributed by atoms with Gasteiger partial charge in [-0.25, -0.2) is 0 Å². The molecule has 0 unspecified atom stereocenters. The Hall–Kier alpha value is -0.830. The van der Waals surface area contributed by atoms with Gasteiger partial charge in [0.15, 0.2) is 0 Å². The summed E-state index contributed by atoms with van der Waals surface area (Å²) in [4.78, 5) is 2.86. The highest BCUT2D eigenvalue weighted by Crippen LogP contribution is 2.20. The fourth-order valence-electron chi connectivity index (χ4n) is 1.07. The zero-order valence-electron chi connectivity index (χ0n) is 7.57. The Morgan fingerprint density at radius 1 is 1.25 bits per heavy atom. The van der Waals surface area contributed by atoms with E-state index in [1.54, 1.807) is 6.26 Å². The van der Waals surface area contributed by atoms with Crippen molar-refractivity contribution in [3.63, 3.8) is 0 Å². The van der Waals surface area contributed by atoms with E-state index in [9.17, 15) is 4.21 Å². The van der Waals surface area contributed by atoms with Gasteiger partial charge in [-0.1, -0.05) is 12.1 Å². The van der Waals surface area contributed by atoms with Gasteiger partial charge in [0.2, 0.25) is 0 Å². The molecule has 1 atom stereocenters. The van der Waals surface area contributed by atoms with Crippen molar-refractivity contribution in [2.75, 3.05) is 25.3 Å².